The van der Waals surface area contributed by atoms with Gasteiger partial charge in [-0.15, -0.1) is 0 Å². The number of piperazine rings is 1. The van der Waals surface area contributed by atoms with Gasteiger partial charge in [0, 0.05) is 36.3 Å². The summed E-state index contributed by atoms with van der Waals surface area (Å²) in [7, 11) is 0. The van der Waals surface area contributed by atoms with Crippen LogP contribution in [0.15, 0.2) is 66.7 Å². The van der Waals surface area contributed by atoms with E-state index in [4.69, 9.17) is 11.6 Å². The van der Waals surface area contributed by atoms with Crippen LogP contribution >= 0.6 is 11.6 Å². The highest BCUT2D eigenvalue weighted by Crippen LogP contribution is 2.36. The Kier molecular flexibility index (Phi) is 6.09. The zero-order valence-electron chi connectivity index (χ0n) is 18.8. The monoisotopic (exact) mass is 462 g/mol. The van der Waals surface area contributed by atoms with E-state index in [0.717, 1.165) is 54.2 Å². The SMILES string of the molecule is CC1(N2CCNCC2Cc2ccc(-c3ccc(Cl)cc3)cc2)CCc2cc(F)ccc2C1=O. The standard InChI is InChI=1S/C28H28ClFN2O/c1-28(13-12-22-17-24(30)10-11-26(22)27(28)33)32-15-14-31-18-25(32)16-19-2-4-20(5-3-19)21-6-8-23(29)9-7-21/h2-11,17,25,31H,12-16,18H2,1H3. The molecule has 0 bridgehead atoms. The molecule has 3 nitrogen and oxygen atoms in total. The van der Waals surface area contributed by atoms with Crippen molar-refractivity contribution in [2.45, 2.75) is 37.8 Å². The third-order valence-electron chi connectivity index (χ3n) is 7.27. The Morgan fingerprint density at radius 2 is 1.76 bits per heavy atom. The van der Waals surface area contributed by atoms with E-state index < -0.39 is 5.54 Å². The lowest BCUT2D eigenvalue weighted by molar-refractivity contribution is 0.0254. The average Bonchev–Trinajstić information content (AvgIpc) is 2.83. The molecule has 1 N–H and O–H groups in total. The normalized spacial score (nSPS) is 23.4. The first-order valence-electron chi connectivity index (χ1n) is 11.6. The van der Waals surface area contributed by atoms with Gasteiger partial charge >= 0.3 is 0 Å². The molecule has 2 unspecified atom stereocenters. The van der Waals surface area contributed by atoms with Gasteiger partial charge in [-0.3, -0.25) is 9.69 Å². The number of ketones is 1. The number of aryl methyl sites for hydroxylation is 1. The van der Waals surface area contributed by atoms with Crippen LogP contribution in [0.5, 0.6) is 0 Å². The van der Waals surface area contributed by atoms with Crippen molar-refractivity contribution in [2.75, 3.05) is 19.6 Å². The van der Waals surface area contributed by atoms with Crippen molar-refractivity contribution in [3.63, 3.8) is 0 Å². The van der Waals surface area contributed by atoms with Crippen LogP contribution < -0.4 is 5.32 Å². The Morgan fingerprint density at radius 1 is 1.06 bits per heavy atom. The number of fused-ring (bicyclic) bond motifs is 1. The number of hydrogen-bond acceptors (Lipinski definition) is 3. The number of rotatable bonds is 4. The number of carbonyl (C=O) groups excluding carboxylic acids is 1. The number of Topliss-reactive ketones (excluding diaryl/α,β-unsaturated/α-hetero) is 1. The van der Waals surface area contributed by atoms with Gasteiger partial charge in [-0.05, 0) is 78.8 Å². The maximum absolute atomic E-state index is 13.7. The number of halogens is 2. The molecular formula is C28H28ClFN2O. The quantitative estimate of drug-likeness (QED) is 0.551. The Bertz CT molecular complexity index is 1160. The van der Waals surface area contributed by atoms with Gasteiger partial charge in [0.05, 0.1) is 5.54 Å². The smallest absolute Gasteiger partial charge is 0.183 e. The third-order valence-corrected chi connectivity index (χ3v) is 7.52. The van der Waals surface area contributed by atoms with Crippen molar-refractivity contribution in [2.24, 2.45) is 0 Å². The average molecular weight is 463 g/mol. The van der Waals surface area contributed by atoms with E-state index in [-0.39, 0.29) is 17.6 Å². The summed E-state index contributed by atoms with van der Waals surface area (Å²) in [5.41, 5.74) is 4.49. The molecule has 5 rings (SSSR count). The van der Waals surface area contributed by atoms with Crippen molar-refractivity contribution in [1.82, 2.24) is 10.2 Å². The Morgan fingerprint density at radius 3 is 2.48 bits per heavy atom. The summed E-state index contributed by atoms with van der Waals surface area (Å²) in [5.74, 6) is -0.152. The van der Waals surface area contributed by atoms with Gasteiger partial charge in [0.1, 0.15) is 5.82 Å². The van der Waals surface area contributed by atoms with Crippen LogP contribution in [0.1, 0.15) is 34.8 Å². The second kappa shape index (κ2) is 9.02. The zero-order chi connectivity index (χ0) is 23.0. The van der Waals surface area contributed by atoms with E-state index in [1.54, 1.807) is 6.07 Å². The second-order valence-corrected chi connectivity index (χ2v) is 9.80. The van der Waals surface area contributed by atoms with Crippen LogP contribution in [0.2, 0.25) is 5.02 Å². The van der Waals surface area contributed by atoms with E-state index in [9.17, 15) is 9.18 Å². The minimum absolute atomic E-state index is 0.119. The highest BCUT2D eigenvalue weighted by molar-refractivity contribution is 6.30. The van der Waals surface area contributed by atoms with Crippen molar-refractivity contribution >= 4 is 17.4 Å². The summed E-state index contributed by atoms with van der Waals surface area (Å²) < 4.78 is 13.7. The first kappa shape index (κ1) is 22.3. The maximum Gasteiger partial charge on any atom is 0.183 e. The van der Waals surface area contributed by atoms with Gasteiger partial charge in [0.25, 0.3) is 0 Å². The number of benzene rings is 3. The van der Waals surface area contributed by atoms with Crippen LogP contribution in [0.3, 0.4) is 0 Å². The molecule has 1 saturated heterocycles. The van der Waals surface area contributed by atoms with E-state index in [0.29, 0.717) is 12.0 Å². The Labute approximate surface area is 199 Å². The number of nitrogens with zero attached hydrogens (tertiary/aromatic N) is 1. The highest BCUT2D eigenvalue weighted by Gasteiger charge is 2.46. The first-order chi connectivity index (χ1) is 15.9. The van der Waals surface area contributed by atoms with Gasteiger partial charge in [0.15, 0.2) is 5.78 Å². The summed E-state index contributed by atoms with van der Waals surface area (Å²) in [6, 6.07) is 21.3. The molecule has 0 aromatic heterocycles. The minimum atomic E-state index is -0.569. The molecule has 1 heterocycles. The van der Waals surface area contributed by atoms with Crippen LogP contribution in [0.4, 0.5) is 4.39 Å². The fourth-order valence-electron chi connectivity index (χ4n) is 5.39. The summed E-state index contributed by atoms with van der Waals surface area (Å²) >= 11 is 6.02. The predicted molar refractivity (Wildman–Crippen MR) is 131 cm³/mol. The summed E-state index contributed by atoms with van der Waals surface area (Å²) in [5, 5.41) is 4.25. The van der Waals surface area contributed by atoms with Crippen LogP contribution in [0, 0.1) is 5.82 Å². The molecule has 2 atom stereocenters. The van der Waals surface area contributed by atoms with Gasteiger partial charge in [0.2, 0.25) is 0 Å². The zero-order valence-corrected chi connectivity index (χ0v) is 19.5. The maximum atomic E-state index is 13.7. The van der Waals surface area contributed by atoms with Crippen LogP contribution in [-0.2, 0) is 12.8 Å². The second-order valence-electron chi connectivity index (χ2n) is 9.36. The number of hydrogen-bond donors (Lipinski definition) is 1. The fraction of sp³-hybridized carbons (Fsp3) is 0.321. The van der Waals surface area contributed by atoms with Gasteiger partial charge in [-0.1, -0.05) is 48.0 Å². The van der Waals surface area contributed by atoms with Crippen LogP contribution in [-0.4, -0.2) is 41.9 Å². The van der Waals surface area contributed by atoms with E-state index in [1.807, 2.05) is 24.3 Å². The summed E-state index contributed by atoms with van der Waals surface area (Å²) in [4.78, 5) is 16.0. The number of carbonyl (C=O) groups is 1. The molecule has 1 aliphatic carbocycles. The Hall–Kier alpha value is -2.53. The van der Waals surface area contributed by atoms with E-state index >= 15 is 0 Å². The molecule has 1 aliphatic heterocycles. The first-order valence-corrected chi connectivity index (χ1v) is 12.0. The van der Waals surface area contributed by atoms with Gasteiger partial charge in [-0.2, -0.15) is 0 Å². The lowest BCUT2D eigenvalue weighted by Gasteiger charge is -2.49. The molecule has 170 valence electrons. The molecule has 3 aromatic carbocycles. The molecule has 3 aromatic rings. The molecule has 0 saturated carbocycles. The molecule has 0 spiro atoms. The lowest BCUT2D eigenvalue weighted by Crippen LogP contribution is -2.64. The lowest BCUT2D eigenvalue weighted by atomic mass is 9.75. The number of nitrogens with one attached hydrogen (secondary N) is 1. The molecule has 0 radical (unpaired) electrons. The fourth-order valence-corrected chi connectivity index (χ4v) is 5.51. The highest BCUT2D eigenvalue weighted by atomic mass is 35.5. The molecule has 5 heteroatoms. The van der Waals surface area contributed by atoms with Gasteiger partial charge in [-0.25, -0.2) is 4.39 Å². The van der Waals surface area contributed by atoms with Crippen molar-refractivity contribution < 1.29 is 9.18 Å². The topological polar surface area (TPSA) is 32.3 Å². The predicted octanol–water partition coefficient (Wildman–Crippen LogP) is 5.55. The van der Waals surface area contributed by atoms with E-state index in [2.05, 4.69) is 41.4 Å². The van der Waals surface area contributed by atoms with Gasteiger partial charge < -0.3 is 5.32 Å². The molecule has 2 aliphatic rings. The summed E-state index contributed by atoms with van der Waals surface area (Å²) in [6.07, 6.45) is 2.31. The largest absolute Gasteiger partial charge is 0.314 e. The van der Waals surface area contributed by atoms with Crippen molar-refractivity contribution in [3.8, 4) is 11.1 Å². The van der Waals surface area contributed by atoms with Crippen molar-refractivity contribution in [3.05, 3.63) is 94.3 Å². The molecule has 33 heavy (non-hydrogen) atoms. The molecule has 0 amide bonds. The van der Waals surface area contributed by atoms with Crippen molar-refractivity contribution in [1.29, 1.82) is 0 Å². The van der Waals surface area contributed by atoms with Crippen LogP contribution in [0.25, 0.3) is 11.1 Å². The molecular weight excluding hydrogens is 435 g/mol. The third kappa shape index (κ3) is 4.35. The minimum Gasteiger partial charge on any atom is -0.314 e. The Balaban J connectivity index is 1.36. The molecule has 1 fully saturated rings. The summed E-state index contributed by atoms with van der Waals surface area (Å²) in [6.45, 7) is 4.61. The van der Waals surface area contributed by atoms with E-state index in [1.165, 1.54) is 17.7 Å².